The molecular formula is C10H15FN2O2. The Balaban J connectivity index is 2.17. The molecule has 0 aromatic rings. The SMILES string of the molecule is CC1(C2CC2)NC(=O)CN(CCF)C1=O. The van der Waals surface area contributed by atoms with Crippen LogP contribution in [0.15, 0.2) is 0 Å². The van der Waals surface area contributed by atoms with Gasteiger partial charge in [-0.25, -0.2) is 4.39 Å². The molecule has 0 spiro atoms. The molecule has 0 aromatic heterocycles. The maximum Gasteiger partial charge on any atom is 0.248 e. The van der Waals surface area contributed by atoms with E-state index in [9.17, 15) is 14.0 Å². The summed E-state index contributed by atoms with van der Waals surface area (Å²) in [5.74, 6) is -0.0870. The summed E-state index contributed by atoms with van der Waals surface area (Å²) in [6.45, 7) is 1.16. The first-order chi connectivity index (χ1) is 7.08. The maximum atomic E-state index is 12.2. The van der Waals surface area contributed by atoms with E-state index in [1.807, 2.05) is 0 Å². The minimum atomic E-state index is -0.787. The summed E-state index contributed by atoms with van der Waals surface area (Å²) in [6, 6.07) is 0. The van der Waals surface area contributed by atoms with Gasteiger partial charge in [0.2, 0.25) is 11.8 Å². The molecule has 15 heavy (non-hydrogen) atoms. The Morgan fingerprint density at radius 3 is 2.73 bits per heavy atom. The first-order valence-electron chi connectivity index (χ1n) is 5.24. The third kappa shape index (κ3) is 1.70. The summed E-state index contributed by atoms with van der Waals surface area (Å²) in [5, 5.41) is 2.74. The summed E-state index contributed by atoms with van der Waals surface area (Å²) < 4.78 is 12.2. The third-order valence-corrected chi connectivity index (χ3v) is 3.21. The van der Waals surface area contributed by atoms with Crippen LogP contribution in [0, 0.1) is 5.92 Å². The summed E-state index contributed by atoms with van der Waals surface area (Å²) >= 11 is 0. The zero-order valence-corrected chi connectivity index (χ0v) is 8.75. The third-order valence-electron chi connectivity index (χ3n) is 3.21. The van der Waals surface area contributed by atoms with Crippen molar-refractivity contribution in [2.75, 3.05) is 19.8 Å². The van der Waals surface area contributed by atoms with E-state index in [-0.39, 0.29) is 30.8 Å². The molecule has 1 aliphatic carbocycles. The number of piperazine rings is 1. The van der Waals surface area contributed by atoms with E-state index in [1.165, 1.54) is 4.90 Å². The van der Waals surface area contributed by atoms with Crippen LogP contribution in [0.1, 0.15) is 19.8 Å². The molecule has 1 unspecified atom stereocenters. The Hall–Kier alpha value is -1.13. The van der Waals surface area contributed by atoms with E-state index in [4.69, 9.17) is 0 Å². The number of carbonyl (C=O) groups is 2. The van der Waals surface area contributed by atoms with Crippen molar-refractivity contribution in [3.05, 3.63) is 0 Å². The van der Waals surface area contributed by atoms with Gasteiger partial charge in [-0.2, -0.15) is 0 Å². The second-order valence-electron chi connectivity index (χ2n) is 4.44. The Kier molecular flexibility index (Phi) is 2.40. The van der Waals surface area contributed by atoms with Crippen molar-refractivity contribution < 1.29 is 14.0 Å². The number of hydrogen-bond acceptors (Lipinski definition) is 2. The number of nitrogens with zero attached hydrogens (tertiary/aromatic N) is 1. The highest BCUT2D eigenvalue weighted by molar-refractivity contribution is 5.98. The second kappa shape index (κ2) is 3.47. The lowest BCUT2D eigenvalue weighted by Crippen LogP contribution is -2.66. The van der Waals surface area contributed by atoms with Gasteiger partial charge >= 0.3 is 0 Å². The average molecular weight is 214 g/mol. The fourth-order valence-corrected chi connectivity index (χ4v) is 2.18. The van der Waals surface area contributed by atoms with Crippen LogP contribution in [0.25, 0.3) is 0 Å². The number of alkyl halides is 1. The zero-order chi connectivity index (χ0) is 11.1. The number of rotatable bonds is 3. The van der Waals surface area contributed by atoms with Crippen LogP contribution in [0.4, 0.5) is 4.39 Å². The first kappa shape index (κ1) is 10.4. The van der Waals surface area contributed by atoms with Crippen LogP contribution in [0.5, 0.6) is 0 Å². The van der Waals surface area contributed by atoms with E-state index < -0.39 is 12.2 Å². The molecule has 0 bridgehead atoms. The molecule has 84 valence electrons. The predicted octanol–water partition coefficient (Wildman–Crippen LogP) is 0.0830. The summed E-state index contributed by atoms with van der Waals surface area (Å²) in [7, 11) is 0. The van der Waals surface area contributed by atoms with Gasteiger partial charge in [0.15, 0.2) is 0 Å². The molecule has 5 heteroatoms. The van der Waals surface area contributed by atoms with E-state index in [0.29, 0.717) is 0 Å². The standard InChI is InChI=1S/C10H15FN2O2/c1-10(7-2-3-7)9(15)13(5-4-11)6-8(14)12-10/h7H,2-6H2,1H3,(H,12,14). The number of hydrogen-bond donors (Lipinski definition) is 1. The van der Waals surface area contributed by atoms with E-state index in [2.05, 4.69) is 5.32 Å². The minimum Gasteiger partial charge on any atom is -0.340 e. The first-order valence-corrected chi connectivity index (χ1v) is 5.24. The topological polar surface area (TPSA) is 49.4 Å². The zero-order valence-electron chi connectivity index (χ0n) is 8.75. The normalized spacial score (nSPS) is 31.7. The van der Waals surface area contributed by atoms with Gasteiger partial charge in [-0.15, -0.1) is 0 Å². The van der Waals surface area contributed by atoms with Gasteiger partial charge in [-0.05, 0) is 25.7 Å². The van der Waals surface area contributed by atoms with Crippen LogP contribution in [0.3, 0.4) is 0 Å². The van der Waals surface area contributed by atoms with Crippen molar-refractivity contribution in [1.82, 2.24) is 10.2 Å². The smallest absolute Gasteiger partial charge is 0.248 e. The number of carbonyl (C=O) groups excluding carboxylic acids is 2. The largest absolute Gasteiger partial charge is 0.340 e. The Morgan fingerprint density at radius 1 is 1.53 bits per heavy atom. The van der Waals surface area contributed by atoms with Crippen molar-refractivity contribution >= 4 is 11.8 Å². The minimum absolute atomic E-state index is 0.00887. The van der Waals surface area contributed by atoms with Gasteiger partial charge in [0.25, 0.3) is 0 Å². The molecule has 2 amide bonds. The monoisotopic (exact) mass is 214 g/mol. The highest BCUT2D eigenvalue weighted by Crippen LogP contribution is 2.41. The van der Waals surface area contributed by atoms with Crippen LogP contribution < -0.4 is 5.32 Å². The quantitative estimate of drug-likeness (QED) is 0.723. The Bertz CT molecular complexity index is 304. The Morgan fingerprint density at radius 2 is 2.20 bits per heavy atom. The Labute approximate surface area is 87.8 Å². The van der Waals surface area contributed by atoms with E-state index in [0.717, 1.165) is 12.8 Å². The maximum absolute atomic E-state index is 12.2. The van der Waals surface area contributed by atoms with Crippen molar-refractivity contribution in [3.8, 4) is 0 Å². The highest BCUT2D eigenvalue weighted by atomic mass is 19.1. The van der Waals surface area contributed by atoms with Gasteiger partial charge in [-0.3, -0.25) is 9.59 Å². The lowest BCUT2D eigenvalue weighted by atomic mass is 9.91. The molecule has 1 heterocycles. The lowest BCUT2D eigenvalue weighted by Gasteiger charge is -2.39. The number of halogens is 1. The number of nitrogens with one attached hydrogen (secondary N) is 1. The fraction of sp³-hybridized carbons (Fsp3) is 0.800. The van der Waals surface area contributed by atoms with Crippen LogP contribution in [-0.4, -0.2) is 42.0 Å². The molecule has 1 saturated carbocycles. The number of amides is 2. The van der Waals surface area contributed by atoms with Crippen molar-refractivity contribution in [2.45, 2.75) is 25.3 Å². The van der Waals surface area contributed by atoms with Gasteiger partial charge in [0.05, 0.1) is 6.54 Å². The molecule has 0 aromatic carbocycles. The van der Waals surface area contributed by atoms with Gasteiger partial charge in [-0.1, -0.05) is 0 Å². The molecule has 1 aliphatic heterocycles. The summed E-state index contributed by atoms with van der Waals surface area (Å²) in [5.41, 5.74) is -0.787. The highest BCUT2D eigenvalue weighted by Gasteiger charge is 2.52. The van der Waals surface area contributed by atoms with Gasteiger partial charge < -0.3 is 10.2 Å². The van der Waals surface area contributed by atoms with Crippen LogP contribution >= 0.6 is 0 Å². The predicted molar refractivity (Wildman–Crippen MR) is 51.8 cm³/mol. The molecule has 0 radical (unpaired) electrons. The molecule has 2 fully saturated rings. The molecule has 2 aliphatic rings. The average Bonchev–Trinajstić information content (AvgIpc) is 2.97. The van der Waals surface area contributed by atoms with Crippen molar-refractivity contribution in [2.24, 2.45) is 5.92 Å². The van der Waals surface area contributed by atoms with Gasteiger partial charge in [0.1, 0.15) is 12.2 Å². The fourth-order valence-electron chi connectivity index (χ4n) is 2.18. The van der Waals surface area contributed by atoms with Crippen molar-refractivity contribution in [3.63, 3.8) is 0 Å². The molecule has 1 N–H and O–H groups in total. The van der Waals surface area contributed by atoms with Crippen LogP contribution in [-0.2, 0) is 9.59 Å². The molecule has 4 nitrogen and oxygen atoms in total. The summed E-state index contributed by atoms with van der Waals surface area (Å²) in [6.07, 6.45) is 1.93. The van der Waals surface area contributed by atoms with Crippen LogP contribution in [0.2, 0.25) is 0 Å². The van der Waals surface area contributed by atoms with Crippen molar-refractivity contribution in [1.29, 1.82) is 0 Å². The molecule has 1 saturated heterocycles. The van der Waals surface area contributed by atoms with E-state index >= 15 is 0 Å². The molecule has 1 atom stereocenters. The molecular weight excluding hydrogens is 199 g/mol. The second-order valence-corrected chi connectivity index (χ2v) is 4.44. The summed E-state index contributed by atoms with van der Waals surface area (Å²) in [4.78, 5) is 24.7. The van der Waals surface area contributed by atoms with Gasteiger partial charge in [0, 0.05) is 6.54 Å². The lowest BCUT2D eigenvalue weighted by molar-refractivity contribution is -0.150. The molecule has 2 rings (SSSR count). The van der Waals surface area contributed by atoms with E-state index in [1.54, 1.807) is 6.92 Å².